The van der Waals surface area contributed by atoms with Crippen molar-refractivity contribution in [2.45, 2.75) is 39.7 Å². The summed E-state index contributed by atoms with van der Waals surface area (Å²) in [7, 11) is 3.30. The lowest BCUT2D eigenvalue weighted by molar-refractivity contribution is -0.117. The first-order valence-electron chi connectivity index (χ1n) is 12.2. The summed E-state index contributed by atoms with van der Waals surface area (Å²) < 4.78 is 17.1. The van der Waals surface area contributed by atoms with E-state index >= 15 is 0 Å². The minimum Gasteiger partial charge on any atom is -0.497 e. The predicted molar refractivity (Wildman–Crippen MR) is 146 cm³/mol. The number of carbonyl (C=O) groups is 1. The summed E-state index contributed by atoms with van der Waals surface area (Å²) >= 11 is 0. The number of amides is 1. The number of hydrogen-bond donors (Lipinski definition) is 1. The Labute approximate surface area is 212 Å². The molecule has 3 aromatic carbocycles. The quantitative estimate of drug-likeness (QED) is 0.261. The highest BCUT2D eigenvalue weighted by Gasteiger charge is 2.19. The summed E-state index contributed by atoms with van der Waals surface area (Å²) in [6.45, 7) is 5.94. The van der Waals surface area contributed by atoms with Gasteiger partial charge in [-0.15, -0.1) is 0 Å². The average Bonchev–Trinajstić information content (AvgIpc) is 3.32. The number of carbonyl (C=O) groups excluding carboxylic acids is 1. The molecule has 36 heavy (non-hydrogen) atoms. The van der Waals surface area contributed by atoms with E-state index in [0.717, 1.165) is 57.4 Å². The third-order valence-corrected chi connectivity index (χ3v) is 6.50. The van der Waals surface area contributed by atoms with E-state index in [1.165, 1.54) is 5.56 Å². The number of nitrogens with one attached hydrogen (secondary N) is 1. The Kier molecular flexibility index (Phi) is 7.79. The van der Waals surface area contributed by atoms with Crippen molar-refractivity contribution in [3.8, 4) is 22.6 Å². The van der Waals surface area contributed by atoms with Crippen molar-refractivity contribution in [2.24, 2.45) is 0 Å². The molecule has 1 N–H and O–H groups in total. The van der Waals surface area contributed by atoms with Crippen LogP contribution in [0.25, 0.3) is 27.7 Å². The SMILES string of the molecule is COc1cccc(-c2coc3c(C)c(OC)c(/C(C)=C/C(=O)NC(C)CCc4ccccc4)cc23)c1. The third-order valence-electron chi connectivity index (χ3n) is 6.50. The molecular weight excluding hydrogens is 450 g/mol. The molecule has 5 nitrogen and oxygen atoms in total. The zero-order valence-electron chi connectivity index (χ0n) is 21.6. The van der Waals surface area contributed by atoms with Crippen molar-refractivity contribution < 1.29 is 18.7 Å². The second-order valence-electron chi connectivity index (χ2n) is 9.10. The summed E-state index contributed by atoms with van der Waals surface area (Å²) in [5, 5.41) is 4.06. The fraction of sp³-hybridized carbons (Fsp3) is 0.258. The molecule has 1 aromatic heterocycles. The lowest BCUT2D eigenvalue weighted by Crippen LogP contribution is -2.31. The van der Waals surface area contributed by atoms with Gasteiger partial charge in [-0.1, -0.05) is 42.5 Å². The number of hydrogen-bond acceptors (Lipinski definition) is 4. The minimum absolute atomic E-state index is 0.0569. The van der Waals surface area contributed by atoms with Gasteiger partial charge in [0.2, 0.25) is 5.91 Å². The van der Waals surface area contributed by atoms with Crippen molar-refractivity contribution in [3.63, 3.8) is 0 Å². The van der Waals surface area contributed by atoms with Crippen molar-refractivity contribution in [2.75, 3.05) is 14.2 Å². The predicted octanol–water partition coefficient (Wildman–Crippen LogP) is 6.97. The van der Waals surface area contributed by atoms with Crippen LogP contribution in [0.15, 0.2) is 77.4 Å². The van der Waals surface area contributed by atoms with E-state index in [1.54, 1.807) is 26.6 Å². The molecule has 0 fully saturated rings. The second-order valence-corrected chi connectivity index (χ2v) is 9.10. The van der Waals surface area contributed by atoms with E-state index in [9.17, 15) is 4.79 Å². The zero-order valence-corrected chi connectivity index (χ0v) is 21.6. The number of rotatable bonds is 9. The van der Waals surface area contributed by atoms with Crippen LogP contribution < -0.4 is 14.8 Å². The number of fused-ring (bicyclic) bond motifs is 1. The van der Waals surface area contributed by atoms with Gasteiger partial charge in [-0.2, -0.15) is 0 Å². The van der Waals surface area contributed by atoms with E-state index in [-0.39, 0.29) is 11.9 Å². The molecule has 5 heteroatoms. The highest BCUT2D eigenvalue weighted by Crippen LogP contribution is 2.41. The van der Waals surface area contributed by atoms with Crippen molar-refractivity contribution in [1.82, 2.24) is 5.32 Å². The molecule has 186 valence electrons. The van der Waals surface area contributed by atoms with Gasteiger partial charge in [0.05, 0.1) is 20.5 Å². The van der Waals surface area contributed by atoms with Crippen LogP contribution in [0.5, 0.6) is 11.5 Å². The van der Waals surface area contributed by atoms with Gasteiger partial charge >= 0.3 is 0 Å². The van der Waals surface area contributed by atoms with Gasteiger partial charge in [0.15, 0.2) is 0 Å². The summed E-state index contributed by atoms with van der Waals surface area (Å²) in [6.07, 6.45) is 5.20. The monoisotopic (exact) mass is 483 g/mol. The molecule has 4 rings (SSSR count). The number of ether oxygens (including phenoxy) is 2. The molecule has 1 unspecified atom stereocenters. The summed E-state index contributed by atoms with van der Waals surface area (Å²) in [6, 6.07) is 20.3. The van der Waals surface area contributed by atoms with Gasteiger partial charge in [-0.25, -0.2) is 0 Å². The smallest absolute Gasteiger partial charge is 0.244 e. The van der Waals surface area contributed by atoms with Gasteiger partial charge in [0.25, 0.3) is 0 Å². The van der Waals surface area contributed by atoms with Crippen LogP contribution in [0.2, 0.25) is 0 Å². The van der Waals surface area contributed by atoms with Crippen LogP contribution in [-0.4, -0.2) is 26.2 Å². The van der Waals surface area contributed by atoms with E-state index in [4.69, 9.17) is 13.9 Å². The first kappa shape index (κ1) is 25.1. The van der Waals surface area contributed by atoms with Gasteiger partial charge in [-0.3, -0.25) is 4.79 Å². The molecule has 4 aromatic rings. The molecule has 0 saturated heterocycles. The molecule has 1 amide bonds. The fourth-order valence-electron chi connectivity index (χ4n) is 4.54. The lowest BCUT2D eigenvalue weighted by Gasteiger charge is -2.15. The maximum Gasteiger partial charge on any atom is 0.244 e. The Bertz CT molecular complexity index is 1380. The van der Waals surface area contributed by atoms with Crippen LogP contribution >= 0.6 is 0 Å². The van der Waals surface area contributed by atoms with E-state index < -0.39 is 0 Å². The van der Waals surface area contributed by atoms with Crippen LogP contribution in [0.3, 0.4) is 0 Å². The Hall–Kier alpha value is -3.99. The standard InChI is InChI=1S/C31H33NO4/c1-20(16-29(33)32-21(2)14-15-23-10-7-6-8-11-23)26-18-27-28(24-12-9-13-25(17-24)34-4)19-36-31(27)22(3)30(26)35-5/h6-13,16-19,21H,14-15H2,1-5H3,(H,32,33)/b20-16+. The van der Waals surface area contributed by atoms with Gasteiger partial charge in [0.1, 0.15) is 17.1 Å². The maximum atomic E-state index is 12.8. The third kappa shape index (κ3) is 5.46. The molecule has 1 atom stereocenters. The summed E-state index contributed by atoms with van der Waals surface area (Å²) in [5.74, 6) is 1.36. The summed E-state index contributed by atoms with van der Waals surface area (Å²) in [4.78, 5) is 12.8. The highest BCUT2D eigenvalue weighted by atomic mass is 16.5. The molecule has 0 aliphatic rings. The first-order valence-corrected chi connectivity index (χ1v) is 12.2. The molecule has 0 aliphatic heterocycles. The lowest BCUT2D eigenvalue weighted by atomic mass is 9.96. The largest absolute Gasteiger partial charge is 0.497 e. The van der Waals surface area contributed by atoms with E-state index in [1.807, 2.05) is 69.3 Å². The van der Waals surface area contributed by atoms with Crippen molar-refractivity contribution in [3.05, 3.63) is 89.7 Å². The van der Waals surface area contributed by atoms with Crippen LogP contribution in [-0.2, 0) is 11.2 Å². The van der Waals surface area contributed by atoms with E-state index in [0.29, 0.717) is 5.75 Å². The molecule has 0 radical (unpaired) electrons. The first-order chi connectivity index (χ1) is 17.4. The van der Waals surface area contributed by atoms with E-state index in [2.05, 4.69) is 17.4 Å². The highest BCUT2D eigenvalue weighted by molar-refractivity contribution is 6.01. The molecule has 0 saturated carbocycles. The molecular formula is C31H33NO4. The normalized spacial score (nSPS) is 12.4. The van der Waals surface area contributed by atoms with Crippen molar-refractivity contribution in [1.29, 1.82) is 0 Å². The van der Waals surface area contributed by atoms with Crippen LogP contribution in [0.1, 0.15) is 37.0 Å². The van der Waals surface area contributed by atoms with Gasteiger partial charge < -0.3 is 19.2 Å². The van der Waals surface area contributed by atoms with Crippen LogP contribution in [0, 0.1) is 6.92 Å². The van der Waals surface area contributed by atoms with Crippen LogP contribution in [0.4, 0.5) is 0 Å². The topological polar surface area (TPSA) is 60.7 Å². The minimum atomic E-state index is -0.118. The molecule has 0 spiro atoms. The second kappa shape index (κ2) is 11.2. The Morgan fingerprint density at radius 3 is 2.56 bits per heavy atom. The Morgan fingerprint density at radius 2 is 1.83 bits per heavy atom. The zero-order chi connectivity index (χ0) is 25.7. The molecule has 1 heterocycles. The number of aryl methyl sites for hydroxylation is 2. The number of benzene rings is 3. The Balaban J connectivity index is 1.60. The number of furan rings is 1. The Morgan fingerprint density at radius 1 is 1.06 bits per heavy atom. The molecule has 0 bridgehead atoms. The van der Waals surface area contributed by atoms with Gasteiger partial charge in [-0.05, 0) is 68.5 Å². The average molecular weight is 484 g/mol. The van der Waals surface area contributed by atoms with Crippen molar-refractivity contribution >= 4 is 22.4 Å². The maximum absolute atomic E-state index is 12.8. The summed E-state index contributed by atoms with van der Waals surface area (Å²) in [5.41, 5.74) is 6.56. The fourth-order valence-corrected chi connectivity index (χ4v) is 4.54. The molecule has 0 aliphatic carbocycles. The number of methoxy groups -OCH3 is 2. The number of allylic oxidation sites excluding steroid dienone is 1. The van der Waals surface area contributed by atoms with Gasteiger partial charge in [0, 0.05) is 34.2 Å².